The van der Waals surface area contributed by atoms with E-state index in [-0.39, 0.29) is 30.6 Å². The normalized spacial score (nSPS) is 30.2. The molecule has 2 aliphatic heterocycles. The van der Waals surface area contributed by atoms with Gasteiger partial charge in [0.15, 0.2) is 0 Å². The molecule has 2 aromatic carbocycles. The molecule has 0 unspecified atom stereocenters. The number of nitrogens with zero attached hydrogens (tertiary/aromatic N) is 3. The minimum absolute atomic E-state index is 0.0974. The summed E-state index contributed by atoms with van der Waals surface area (Å²) in [7, 11) is -3.42. The van der Waals surface area contributed by atoms with Gasteiger partial charge in [0.1, 0.15) is 5.67 Å². The van der Waals surface area contributed by atoms with E-state index in [9.17, 15) is 30.8 Å². The maximum atomic E-state index is 14.6. The maximum absolute atomic E-state index is 14.6. The van der Waals surface area contributed by atoms with Gasteiger partial charge in [0.05, 0.1) is 23.9 Å². The molecule has 3 aromatic rings. The molecule has 9 rings (SSSR count). The van der Waals surface area contributed by atoms with Crippen molar-refractivity contribution in [3.63, 3.8) is 0 Å². The van der Waals surface area contributed by atoms with E-state index in [2.05, 4.69) is 14.7 Å². The third kappa shape index (κ3) is 5.37. The fourth-order valence-corrected chi connectivity index (χ4v) is 8.20. The number of hydrogen-bond donors (Lipinski definition) is 1. The van der Waals surface area contributed by atoms with Crippen LogP contribution in [0.4, 0.5) is 28.9 Å². The van der Waals surface area contributed by atoms with Gasteiger partial charge in [0, 0.05) is 41.3 Å². The van der Waals surface area contributed by atoms with Gasteiger partial charge in [-0.25, -0.2) is 22.8 Å². The molecule has 1 aromatic heterocycles. The largest absolute Gasteiger partial charge is 0.451 e. The van der Waals surface area contributed by atoms with Crippen LogP contribution in [-0.2, 0) is 31.3 Å². The lowest BCUT2D eigenvalue weighted by Crippen LogP contribution is -2.71. The quantitative estimate of drug-likeness (QED) is 0.291. The molecule has 2 saturated heterocycles. The Morgan fingerprint density at radius 3 is 2.16 bits per heavy atom. The highest BCUT2D eigenvalue weighted by molar-refractivity contribution is 7.92. The first kappa shape index (κ1) is 30.1. The molecule has 13 heteroatoms. The van der Waals surface area contributed by atoms with Gasteiger partial charge in [-0.3, -0.25) is 9.52 Å². The second-order valence-corrected chi connectivity index (χ2v) is 15.2. The van der Waals surface area contributed by atoms with E-state index in [1.54, 1.807) is 29.2 Å². The van der Waals surface area contributed by atoms with E-state index >= 15 is 0 Å². The molecule has 1 amide bonds. The summed E-state index contributed by atoms with van der Waals surface area (Å²) in [6.07, 6.45) is 2.02. The van der Waals surface area contributed by atoms with Gasteiger partial charge in [-0.05, 0) is 80.3 Å². The van der Waals surface area contributed by atoms with Gasteiger partial charge in [0.25, 0.3) is 0 Å². The number of amides is 1. The Kier molecular flexibility index (Phi) is 6.66. The smallest absolute Gasteiger partial charge is 0.370 e. The van der Waals surface area contributed by atoms with Crippen LogP contribution in [0.2, 0.25) is 0 Å². The van der Waals surface area contributed by atoms with Crippen molar-refractivity contribution in [2.75, 3.05) is 29.0 Å². The number of fused-ring (bicyclic) bond motifs is 3. The summed E-state index contributed by atoms with van der Waals surface area (Å²) in [6.45, 7) is 0.680. The number of benzene rings is 2. The Bertz CT molecular complexity index is 1720. The number of nitrogens with one attached hydrogen (secondary N) is 1. The second kappa shape index (κ2) is 9.96. The number of rotatable bonds is 8. The topological polar surface area (TPSA) is 101 Å². The zero-order valence-corrected chi connectivity index (χ0v) is 25.3. The zero-order valence-electron chi connectivity index (χ0n) is 24.5. The predicted molar refractivity (Wildman–Crippen MR) is 158 cm³/mol. The van der Waals surface area contributed by atoms with Gasteiger partial charge in [-0.2, -0.15) is 13.2 Å². The number of aromatic nitrogens is 2. The lowest BCUT2D eigenvalue weighted by Gasteiger charge is -2.65. The van der Waals surface area contributed by atoms with Crippen molar-refractivity contribution in [2.45, 2.75) is 62.4 Å². The van der Waals surface area contributed by atoms with Crippen LogP contribution in [0.25, 0.3) is 11.1 Å². The minimum Gasteiger partial charge on any atom is -0.370 e. The van der Waals surface area contributed by atoms with Crippen molar-refractivity contribution in [1.82, 2.24) is 9.97 Å². The SMILES string of the molecule is CS(=O)(=O)Nc1ccc(-c2cccc(N(CC34CCC(c5cnc(C(F)(F)F)nc5)(CC3)OC4)C(=O)C34CC(F)(C3)C4)c2)cc1. The Balaban J connectivity index is 1.14. The molecule has 4 saturated carbocycles. The minimum atomic E-state index is -4.63. The van der Waals surface area contributed by atoms with Gasteiger partial charge in [-0.1, -0.05) is 24.3 Å². The summed E-state index contributed by atoms with van der Waals surface area (Å²) in [4.78, 5) is 23.0. The molecular weight excluding hydrogens is 612 g/mol. The molecule has 0 radical (unpaired) electrons. The standard InChI is InChI=1S/C32H32F4N4O4S/c1-45(42,43)39-24-7-5-21(6-8-24)22-3-2-4-25(13-22)40(27(41)29-16-30(33,17-29)18-29)19-28-9-11-31(12-10-28,44-20-28)23-14-37-26(38-15-23)32(34,35)36/h2-8,13-15,39H,9-12,16-20H2,1H3. The Morgan fingerprint density at radius 1 is 0.978 bits per heavy atom. The average molecular weight is 645 g/mol. The summed E-state index contributed by atoms with van der Waals surface area (Å²) in [5.74, 6) is -1.29. The summed E-state index contributed by atoms with van der Waals surface area (Å²) in [5.41, 5.74) is 0.201. The van der Waals surface area contributed by atoms with Crippen molar-refractivity contribution in [1.29, 1.82) is 0 Å². The van der Waals surface area contributed by atoms with Crippen LogP contribution in [-0.4, -0.2) is 49.4 Å². The molecule has 8 nitrogen and oxygen atoms in total. The molecule has 6 aliphatic rings. The molecule has 45 heavy (non-hydrogen) atoms. The highest BCUT2D eigenvalue weighted by Crippen LogP contribution is 2.70. The fraction of sp³-hybridized carbons (Fsp3) is 0.469. The number of carbonyl (C=O) groups is 1. The van der Waals surface area contributed by atoms with Crippen LogP contribution >= 0.6 is 0 Å². The number of hydrogen-bond acceptors (Lipinski definition) is 6. The molecule has 4 aliphatic carbocycles. The van der Waals surface area contributed by atoms with Crippen LogP contribution in [0.3, 0.4) is 0 Å². The van der Waals surface area contributed by atoms with Crippen molar-refractivity contribution in [3.8, 4) is 11.1 Å². The van der Waals surface area contributed by atoms with Crippen LogP contribution in [0.5, 0.6) is 0 Å². The second-order valence-electron chi connectivity index (χ2n) is 13.4. The van der Waals surface area contributed by atoms with Crippen molar-refractivity contribution < 1.29 is 35.5 Å². The van der Waals surface area contributed by atoms with Gasteiger partial charge in [-0.15, -0.1) is 0 Å². The van der Waals surface area contributed by atoms with E-state index in [1.807, 2.05) is 24.3 Å². The zero-order chi connectivity index (χ0) is 31.9. The van der Waals surface area contributed by atoms with Crippen LogP contribution < -0.4 is 9.62 Å². The van der Waals surface area contributed by atoms with Crippen molar-refractivity contribution >= 4 is 27.3 Å². The number of sulfonamides is 1. The predicted octanol–water partition coefficient (Wildman–Crippen LogP) is 6.25. The average Bonchev–Trinajstić information content (AvgIpc) is 2.98. The third-order valence-electron chi connectivity index (χ3n) is 10.0. The van der Waals surface area contributed by atoms with E-state index in [0.29, 0.717) is 55.8 Å². The Hall–Kier alpha value is -3.58. The van der Waals surface area contributed by atoms with Crippen molar-refractivity contribution in [2.24, 2.45) is 10.8 Å². The lowest BCUT2D eigenvalue weighted by molar-refractivity contribution is -0.213. The monoisotopic (exact) mass is 644 g/mol. The number of ether oxygens (including phenoxy) is 1. The molecule has 6 fully saturated rings. The van der Waals surface area contributed by atoms with Gasteiger partial charge in [0.2, 0.25) is 21.8 Å². The number of carbonyl (C=O) groups excluding carboxylic acids is 1. The fourth-order valence-electron chi connectivity index (χ4n) is 7.64. The Morgan fingerprint density at radius 2 is 1.62 bits per heavy atom. The molecule has 238 valence electrons. The third-order valence-corrected chi connectivity index (χ3v) is 10.6. The molecule has 3 heterocycles. The first-order chi connectivity index (χ1) is 21.1. The summed E-state index contributed by atoms with van der Waals surface area (Å²) in [5, 5.41) is 0. The summed E-state index contributed by atoms with van der Waals surface area (Å²) in [6, 6.07) is 14.5. The molecular formula is C32H32F4N4O4S. The number of alkyl halides is 4. The maximum Gasteiger partial charge on any atom is 0.451 e. The van der Waals surface area contributed by atoms with Crippen LogP contribution in [0.15, 0.2) is 60.9 Å². The molecule has 4 bridgehead atoms. The van der Waals surface area contributed by atoms with E-state index < -0.39 is 38.7 Å². The summed E-state index contributed by atoms with van der Waals surface area (Å²) < 4.78 is 85.6. The van der Waals surface area contributed by atoms with E-state index in [4.69, 9.17) is 4.74 Å². The van der Waals surface area contributed by atoms with E-state index in [1.165, 1.54) is 12.4 Å². The van der Waals surface area contributed by atoms with Gasteiger partial charge < -0.3 is 9.64 Å². The summed E-state index contributed by atoms with van der Waals surface area (Å²) >= 11 is 0. The molecule has 1 N–H and O–H groups in total. The van der Waals surface area contributed by atoms with E-state index in [0.717, 1.165) is 17.4 Å². The van der Waals surface area contributed by atoms with Gasteiger partial charge >= 0.3 is 6.18 Å². The first-order valence-corrected chi connectivity index (χ1v) is 16.7. The highest BCUT2D eigenvalue weighted by Gasteiger charge is 2.73. The molecule has 0 atom stereocenters. The number of halogens is 4. The number of anilines is 2. The molecule has 0 spiro atoms. The van der Waals surface area contributed by atoms with Crippen LogP contribution in [0, 0.1) is 10.8 Å². The highest BCUT2D eigenvalue weighted by atomic mass is 32.2. The first-order valence-electron chi connectivity index (χ1n) is 14.8. The van der Waals surface area contributed by atoms with Crippen LogP contribution in [0.1, 0.15) is 56.3 Å². The lowest BCUT2D eigenvalue weighted by atomic mass is 9.41. The van der Waals surface area contributed by atoms with Crippen molar-refractivity contribution in [3.05, 3.63) is 72.3 Å². The Labute approximate surface area is 258 Å².